The molecule has 2 amide bonds. The van der Waals surface area contributed by atoms with E-state index >= 15 is 0 Å². The first-order valence-corrected chi connectivity index (χ1v) is 10.7. The van der Waals surface area contributed by atoms with Gasteiger partial charge in [-0.1, -0.05) is 48.5 Å². The molecule has 32 heavy (non-hydrogen) atoms. The van der Waals surface area contributed by atoms with Gasteiger partial charge in [0.05, 0.1) is 5.41 Å². The van der Waals surface area contributed by atoms with Gasteiger partial charge in [0.25, 0.3) is 0 Å². The first-order chi connectivity index (χ1) is 15.4. The van der Waals surface area contributed by atoms with Gasteiger partial charge in [-0.3, -0.25) is 4.79 Å². The fourth-order valence-electron chi connectivity index (χ4n) is 4.22. The van der Waals surface area contributed by atoms with Crippen LogP contribution in [-0.4, -0.2) is 54.0 Å². The topological polar surface area (TPSA) is 125 Å². The molecule has 168 valence electrons. The van der Waals surface area contributed by atoms with Crippen LogP contribution in [0.25, 0.3) is 11.1 Å². The zero-order valence-corrected chi connectivity index (χ0v) is 17.5. The number of nitrogens with one attached hydrogen (secondary N) is 2. The van der Waals surface area contributed by atoms with Gasteiger partial charge in [-0.25, -0.2) is 9.59 Å². The maximum atomic E-state index is 12.5. The lowest BCUT2D eigenvalue weighted by molar-refractivity contribution is -0.143. The second kappa shape index (κ2) is 9.00. The molecule has 1 atom stereocenters. The van der Waals surface area contributed by atoms with E-state index in [0.29, 0.717) is 12.8 Å². The van der Waals surface area contributed by atoms with Gasteiger partial charge < -0.3 is 25.6 Å². The molecule has 1 fully saturated rings. The molecule has 0 aromatic heterocycles. The summed E-state index contributed by atoms with van der Waals surface area (Å²) in [5.41, 5.74) is 3.68. The van der Waals surface area contributed by atoms with Gasteiger partial charge >= 0.3 is 12.1 Å². The van der Waals surface area contributed by atoms with Crippen LogP contribution in [0.5, 0.6) is 0 Å². The maximum Gasteiger partial charge on any atom is 0.407 e. The van der Waals surface area contributed by atoms with Gasteiger partial charge in [0.1, 0.15) is 12.6 Å². The second-order valence-electron chi connectivity index (χ2n) is 8.34. The normalized spacial score (nSPS) is 16.4. The number of amides is 2. The van der Waals surface area contributed by atoms with E-state index in [0.717, 1.165) is 22.3 Å². The van der Waals surface area contributed by atoms with Crippen LogP contribution in [-0.2, 0) is 14.3 Å². The summed E-state index contributed by atoms with van der Waals surface area (Å²) in [4.78, 5) is 36.1. The number of carboxylic acid groups (broad SMARTS) is 1. The third-order valence-electron chi connectivity index (χ3n) is 6.27. The number of benzene rings is 2. The number of hydrogen-bond donors (Lipinski definition) is 4. The highest BCUT2D eigenvalue weighted by Crippen LogP contribution is 2.46. The van der Waals surface area contributed by atoms with Gasteiger partial charge in [-0.2, -0.15) is 0 Å². The van der Waals surface area contributed by atoms with Gasteiger partial charge in [0.2, 0.25) is 5.91 Å². The van der Waals surface area contributed by atoms with E-state index in [9.17, 15) is 14.4 Å². The number of carbonyl (C=O) groups excluding carboxylic acids is 2. The number of rotatable bonds is 9. The first-order valence-electron chi connectivity index (χ1n) is 10.7. The zero-order chi connectivity index (χ0) is 22.7. The molecule has 2 aromatic rings. The summed E-state index contributed by atoms with van der Waals surface area (Å²) in [5.74, 6) is -1.69. The number of alkyl carbamates (subject to hydrolysis) is 1. The van der Waals surface area contributed by atoms with Crippen molar-refractivity contribution in [1.82, 2.24) is 10.6 Å². The van der Waals surface area contributed by atoms with Crippen LogP contribution in [0.15, 0.2) is 48.5 Å². The standard InChI is InChI=1S/C24H26N2O6/c27-12-9-20(21(28)29)26-22(30)24(10-11-24)14-25-23(31)32-13-19-17-7-3-1-5-15(17)16-6-2-4-8-18(16)19/h1-8,19-20,27H,9-14H2,(H,25,31)(H,26,30)(H,28,29)/t20-/m1/s1. The van der Waals surface area contributed by atoms with Crippen LogP contribution < -0.4 is 10.6 Å². The van der Waals surface area contributed by atoms with Gasteiger partial charge in [0.15, 0.2) is 0 Å². The Morgan fingerprint density at radius 2 is 1.62 bits per heavy atom. The Kier molecular flexibility index (Phi) is 6.14. The number of ether oxygens (including phenoxy) is 1. The lowest BCUT2D eigenvalue weighted by Gasteiger charge is -2.20. The quantitative estimate of drug-likeness (QED) is 0.476. The van der Waals surface area contributed by atoms with Crippen molar-refractivity contribution < 1.29 is 29.3 Å². The molecule has 2 aliphatic carbocycles. The lowest BCUT2D eigenvalue weighted by atomic mass is 9.98. The molecule has 2 aromatic carbocycles. The fourth-order valence-corrected chi connectivity index (χ4v) is 4.22. The molecule has 0 radical (unpaired) electrons. The number of fused-ring (bicyclic) bond motifs is 3. The summed E-state index contributed by atoms with van der Waals surface area (Å²) in [7, 11) is 0. The summed E-state index contributed by atoms with van der Waals surface area (Å²) in [6, 6.07) is 15.0. The molecule has 0 bridgehead atoms. The average molecular weight is 438 g/mol. The highest BCUT2D eigenvalue weighted by atomic mass is 16.5. The van der Waals surface area contributed by atoms with E-state index in [4.69, 9.17) is 14.9 Å². The SMILES string of the molecule is O=C(NCC1(C(=O)N[C@H](CCO)C(=O)O)CC1)OCC1c2ccccc2-c2ccccc21. The van der Waals surface area contributed by atoms with Crippen LogP contribution in [0, 0.1) is 5.41 Å². The zero-order valence-electron chi connectivity index (χ0n) is 17.5. The Balaban J connectivity index is 1.32. The van der Waals surface area contributed by atoms with Crippen LogP contribution in [0.2, 0.25) is 0 Å². The van der Waals surface area contributed by atoms with Gasteiger partial charge in [-0.05, 0) is 35.1 Å². The van der Waals surface area contributed by atoms with E-state index in [1.165, 1.54) is 0 Å². The minimum absolute atomic E-state index is 0.0545. The van der Waals surface area contributed by atoms with Crippen LogP contribution in [0.3, 0.4) is 0 Å². The first kappa shape index (κ1) is 21.8. The molecule has 0 heterocycles. The average Bonchev–Trinajstić information content (AvgIpc) is 3.53. The Morgan fingerprint density at radius 3 is 2.16 bits per heavy atom. The van der Waals surface area contributed by atoms with E-state index in [-0.39, 0.29) is 32.1 Å². The second-order valence-corrected chi connectivity index (χ2v) is 8.34. The van der Waals surface area contributed by atoms with E-state index in [1.54, 1.807) is 0 Å². The summed E-state index contributed by atoms with van der Waals surface area (Å²) in [5, 5.41) is 23.2. The number of aliphatic hydroxyl groups is 1. The highest BCUT2D eigenvalue weighted by Gasteiger charge is 2.50. The van der Waals surface area contributed by atoms with Crippen molar-refractivity contribution in [3.63, 3.8) is 0 Å². The minimum Gasteiger partial charge on any atom is -0.480 e. The summed E-state index contributed by atoms with van der Waals surface area (Å²) in [6.07, 6.45) is 0.412. The Labute approximate surface area is 185 Å². The summed E-state index contributed by atoms with van der Waals surface area (Å²) < 4.78 is 5.49. The minimum atomic E-state index is -1.20. The number of aliphatic carboxylic acids is 1. The Hall–Kier alpha value is -3.39. The molecule has 8 heteroatoms. The molecule has 0 aliphatic heterocycles. The predicted octanol–water partition coefficient (Wildman–Crippen LogP) is 2.26. The highest BCUT2D eigenvalue weighted by molar-refractivity contribution is 5.90. The van der Waals surface area contributed by atoms with Crippen LogP contribution >= 0.6 is 0 Å². The number of carbonyl (C=O) groups is 3. The van der Waals surface area contributed by atoms with Crippen molar-refractivity contribution in [3.8, 4) is 11.1 Å². The third kappa shape index (κ3) is 4.31. The molecule has 1 saturated carbocycles. The molecule has 0 unspecified atom stereocenters. The summed E-state index contributed by atoms with van der Waals surface area (Å²) >= 11 is 0. The number of hydrogen-bond acceptors (Lipinski definition) is 5. The summed E-state index contributed by atoms with van der Waals surface area (Å²) in [6.45, 7) is -0.0974. The molecular weight excluding hydrogens is 412 g/mol. The van der Waals surface area contributed by atoms with E-state index < -0.39 is 29.4 Å². The monoisotopic (exact) mass is 438 g/mol. The largest absolute Gasteiger partial charge is 0.480 e. The molecular formula is C24H26N2O6. The maximum absolute atomic E-state index is 12.5. The van der Waals surface area contributed by atoms with Crippen molar-refractivity contribution in [2.75, 3.05) is 19.8 Å². The van der Waals surface area contributed by atoms with E-state index in [2.05, 4.69) is 22.8 Å². The van der Waals surface area contributed by atoms with Crippen LogP contribution in [0.4, 0.5) is 4.79 Å². The van der Waals surface area contributed by atoms with Crippen molar-refractivity contribution in [2.45, 2.75) is 31.2 Å². The predicted molar refractivity (Wildman–Crippen MR) is 116 cm³/mol. The number of aliphatic hydroxyl groups excluding tert-OH is 1. The van der Waals surface area contributed by atoms with Crippen molar-refractivity contribution in [1.29, 1.82) is 0 Å². The molecule has 0 saturated heterocycles. The van der Waals surface area contributed by atoms with Crippen molar-refractivity contribution in [2.24, 2.45) is 5.41 Å². The lowest BCUT2D eigenvalue weighted by Crippen LogP contribution is -2.47. The van der Waals surface area contributed by atoms with E-state index in [1.807, 2.05) is 36.4 Å². The molecule has 8 nitrogen and oxygen atoms in total. The van der Waals surface area contributed by atoms with Gasteiger partial charge in [-0.15, -0.1) is 0 Å². The van der Waals surface area contributed by atoms with Gasteiger partial charge in [0, 0.05) is 25.5 Å². The smallest absolute Gasteiger partial charge is 0.407 e. The molecule has 0 spiro atoms. The third-order valence-corrected chi connectivity index (χ3v) is 6.27. The Morgan fingerprint density at radius 1 is 1.03 bits per heavy atom. The van der Waals surface area contributed by atoms with Crippen molar-refractivity contribution >= 4 is 18.0 Å². The fraction of sp³-hybridized carbons (Fsp3) is 0.375. The van der Waals surface area contributed by atoms with Crippen molar-refractivity contribution in [3.05, 3.63) is 59.7 Å². The number of carboxylic acids is 1. The Bertz CT molecular complexity index is 987. The molecule has 4 rings (SSSR count). The van der Waals surface area contributed by atoms with Crippen LogP contribution in [0.1, 0.15) is 36.3 Å². The molecule has 2 aliphatic rings. The molecule has 4 N–H and O–H groups in total.